The van der Waals surface area contributed by atoms with Crippen LogP contribution in [0.3, 0.4) is 0 Å². The molecular weight excluding hydrogens is 505 g/mol. The van der Waals surface area contributed by atoms with Gasteiger partial charge < -0.3 is 0 Å². The highest BCUT2D eigenvalue weighted by atomic mass is 35.5. The minimum absolute atomic E-state index is 0.0654. The summed E-state index contributed by atoms with van der Waals surface area (Å²) in [4.78, 5) is 12.6. The van der Waals surface area contributed by atoms with Gasteiger partial charge in [0.15, 0.2) is 0 Å². The van der Waals surface area contributed by atoms with Crippen molar-refractivity contribution >= 4 is 56.9 Å². The number of carbonyl (C=O) groups excluding carboxylic acids is 1. The smallest absolute Gasteiger partial charge is 0.255 e. The maximum Gasteiger partial charge on any atom is 0.255 e. The van der Waals surface area contributed by atoms with Crippen molar-refractivity contribution in [3.05, 3.63) is 98.5 Å². The van der Waals surface area contributed by atoms with Gasteiger partial charge in [-0.2, -0.15) is 9.41 Å². The van der Waals surface area contributed by atoms with Crippen LogP contribution >= 0.6 is 34.8 Å². The average Bonchev–Trinajstić information content (AvgIpc) is 2.76. The van der Waals surface area contributed by atoms with E-state index in [0.717, 1.165) is 15.4 Å². The second kappa shape index (κ2) is 11.1. The number of aryl methyl sites for hydroxylation is 1. The molecule has 0 unspecified atom stereocenters. The molecule has 0 radical (unpaired) electrons. The van der Waals surface area contributed by atoms with Crippen molar-refractivity contribution in [1.29, 1.82) is 0 Å². The van der Waals surface area contributed by atoms with Crippen molar-refractivity contribution in [2.45, 2.75) is 18.4 Å². The molecule has 0 aliphatic heterocycles. The number of hydrogen-bond acceptors (Lipinski definition) is 4. The number of hydrogen-bond donors (Lipinski definition) is 1. The lowest BCUT2D eigenvalue weighted by Gasteiger charge is -2.22. The number of nitrogens with zero attached hydrogens (tertiary/aromatic N) is 2. The van der Waals surface area contributed by atoms with Gasteiger partial charge in [-0.3, -0.25) is 4.79 Å². The Morgan fingerprint density at radius 1 is 0.970 bits per heavy atom. The number of halogens is 3. The molecule has 0 saturated heterocycles. The van der Waals surface area contributed by atoms with Crippen LogP contribution in [0.4, 0.5) is 0 Å². The van der Waals surface area contributed by atoms with Crippen LogP contribution in [-0.4, -0.2) is 31.4 Å². The van der Waals surface area contributed by atoms with E-state index in [9.17, 15) is 13.2 Å². The lowest BCUT2D eigenvalue weighted by Crippen LogP contribution is -2.39. The summed E-state index contributed by atoms with van der Waals surface area (Å²) < 4.78 is 27.7. The molecule has 0 fully saturated rings. The number of sulfonamides is 1. The Morgan fingerprint density at radius 3 is 2.24 bits per heavy atom. The van der Waals surface area contributed by atoms with Gasteiger partial charge in [0.2, 0.25) is 10.0 Å². The summed E-state index contributed by atoms with van der Waals surface area (Å²) in [6.45, 7) is 1.27. The van der Waals surface area contributed by atoms with E-state index < -0.39 is 22.5 Å². The van der Waals surface area contributed by atoms with Crippen LogP contribution in [0.2, 0.25) is 15.1 Å². The predicted molar refractivity (Wildman–Crippen MR) is 132 cm³/mol. The molecule has 0 aliphatic carbocycles. The van der Waals surface area contributed by atoms with Gasteiger partial charge in [0.05, 0.1) is 17.7 Å². The van der Waals surface area contributed by atoms with Crippen LogP contribution in [-0.2, 0) is 21.4 Å². The van der Waals surface area contributed by atoms with Crippen molar-refractivity contribution in [2.24, 2.45) is 5.10 Å². The van der Waals surface area contributed by atoms with Gasteiger partial charge in [0, 0.05) is 21.6 Å². The summed E-state index contributed by atoms with van der Waals surface area (Å²) in [6.07, 6.45) is 1.43. The Labute approximate surface area is 207 Å². The molecule has 3 aromatic rings. The molecule has 0 atom stereocenters. The minimum Gasteiger partial charge on any atom is -0.272 e. The first kappa shape index (κ1) is 25.2. The van der Waals surface area contributed by atoms with E-state index in [1.165, 1.54) is 24.4 Å². The molecule has 0 heterocycles. The zero-order valence-electron chi connectivity index (χ0n) is 17.5. The number of carbonyl (C=O) groups is 1. The molecular formula is C23H20Cl3N3O3S. The van der Waals surface area contributed by atoms with Crippen molar-refractivity contribution < 1.29 is 13.2 Å². The Hall–Kier alpha value is -2.42. The van der Waals surface area contributed by atoms with E-state index in [4.69, 9.17) is 34.8 Å². The van der Waals surface area contributed by atoms with Crippen LogP contribution in [0.25, 0.3) is 0 Å². The first-order valence-corrected chi connectivity index (χ1v) is 12.3. The fourth-order valence-corrected chi connectivity index (χ4v) is 4.82. The highest BCUT2D eigenvalue weighted by Gasteiger charge is 2.27. The third kappa shape index (κ3) is 7.03. The van der Waals surface area contributed by atoms with E-state index in [-0.39, 0.29) is 11.4 Å². The van der Waals surface area contributed by atoms with E-state index in [1.54, 1.807) is 48.5 Å². The summed E-state index contributed by atoms with van der Waals surface area (Å²) in [5, 5.41) is 5.19. The summed E-state index contributed by atoms with van der Waals surface area (Å²) in [7, 11) is -4.01. The number of amides is 1. The highest BCUT2D eigenvalue weighted by molar-refractivity contribution is 7.89. The third-order valence-corrected chi connectivity index (χ3v) is 7.26. The van der Waals surface area contributed by atoms with Gasteiger partial charge in [0.25, 0.3) is 5.91 Å². The monoisotopic (exact) mass is 523 g/mol. The molecule has 33 heavy (non-hydrogen) atoms. The fraction of sp³-hybridized carbons (Fsp3) is 0.130. The number of rotatable bonds is 8. The number of nitrogens with one attached hydrogen (secondary N) is 1. The molecule has 6 nitrogen and oxygen atoms in total. The van der Waals surface area contributed by atoms with Gasteiger partial charge in [-0.1, -0.05) is 70.7 Å². The Balaban J connectivity index is 1.82. The summed E-state index contributed by atoms with van der Waals surface area (Å²) >= 11 is 18.0. The van der Waals surface area contributed by atoms with E-state index in [2.05, 4.69) is 10.5 Å². The molecule has 0 aromatic heterocycles. The minimum atomic E-state index is -4.01. The van der Waals surface area contributed by atoms with Crippen LogP contribution in [0.1, 0.15) is 16.7 Å². The third-order valence-electron chi connectivity index (χ3n) is 4.61. The Morgan fingerprint density at radius 2 is 1.61 bits per heavy atom. The Bertz CT molecular complexity index is 1260. The summed E-state index contributed by atoms with van der Waals surface area (Å²) in [5.74, 6) is -0.610. The van der Waals surface area contributed by atoms with Crippen molar-refractivity contribution in [3.63, 3.8) is 0 Å². The lowest BCUT2D eigenvalue weighted by molar-refractivity contribution is -0.121. The zero-order valence-corrected chi connectivity index (χ0v) is 20.6. The largest absolute Gasteiger partial charge is 0.272 e. The standard InChI is InChI=1S/C23H20Cl3N3O3S/c1-16-2-10-21(11-3-16)33(31,32)29(14-18-6-9-20(25)12-22(18)26)15-23(30)28-27-13-17-4-7-19(24)8-5-17/h2-13H,14-15H2,1H3,(H,28,30)/b27-13-. The van der Waals surface area contributed by atoms with Gasteiger partial charge in [-0.25, -0.2) is 13.8 Å². The first-order valence-electron chi connectivity index (χ1n) is 9.73. The molecule has 1 N–H and O–H groups in total. The van der Waals surface area contributed by atoms with Gasteiger partial charge in [0.1, 0.15) is 0 Å². The van der Waals surface area contributed by atoms with E-state index in [0.29, 0.717) is 20.6 Å². The van der Waals surface area contributed by atoms with Crippen LogP contribution < -0.4 is 5.43 Å². The van der Waals surface area contributed by atoms with Crippen LogP contribution in [0.15, 0.2) is 76.7 Å². The highest BCUT2D eigenvalue weighted by Crippen LogP contribution is 2.25. The van der Waals surface area contributed by atoms with Crippen LogP contribution in [0, 0.1) is 6.92 Å². The average molecular weight is 525 g/mol. The number of benzene rings is 3. The normalized spacial score (nSPS) is 11.8. The van der Waals surface area contributed by atoms with E-state index >= 15 is 0 Å². The second-order valence-electron chi connectivity index (χ2n) is 7.17. The van der Waals surface area contributed by atoms with Crippen molar-refractivity contribution in [2.75, 3.05) is 6.54 Å². The van der Waals surface area contributed by atoms with Gasteiger partial charge in [-0.05, 0) is 54.4 Å². The molecule has 3 rings (SSSR count). The predicted octanol–water partition coefficient (Wildman–Crippen LogP) is 5.30. The number of hydrazone groups is 1. The SMILES string of the molecule is Cc1ccc(S(=O)(=O)N(CC(=O)N/N=C\c2ccc(Cl)cc2)Cc2ccc(Cl)cc2Cl)cc1. The molecule has 1 amide bonds. The fourth-order valence-electron chi connectivity index (χ4n) is 2.85. The quantitative estimate of drug-likeness (QED) is 0.321. The molecule has 0 bridgehead atoms. The Kier molecular flexibility index (Phi) is 8.51. The topological polar surface area (TPSA) is 78.8 Å². The lowest BCUT2D eigenvalue weighted by atomic mass is 10.2. The molecule has 0 spiro atoms. The molecule has 0 aliphatic rings. The maximum absolute atomic E-state index is 13.3. The van der Waals surface area contributed by atoms with Gasteiger partial charge in [-0.15, -0.1) is 0 Å². The summed E-state index contributed by atoms with van der Waals surface area (Å²) in [5.41, 5.74) is 4.50. The summed E-state index contributed by atoms with van der Waals surface area (Å²) in [6, 6.07) is 18.0. The second-order valence-corrected chi connectivity index (χ2v) is 10.4. The van der Waals surface area contributed by atoms with Gasteiger partial charge >= 0.3 is 0 Å². The van der Waals surface area contributed by atoms with E-state index in [1.807, 2.05) is 6.92 Å². The van der Waals surface area contributed by atoms with Crippen molar-refractivity contribution in [1.82, 2.24) is 9.73 Å². The van der Waals surface area contributed by atoms with Crippen molar-refractivity contribution in [3.8, 4) is 0 Å². The molecule has 3 aromatic carbocycles. The molecule has 10 heteroatoms. The molecule has 172 valence electrons. The van der Waals surface area contributed by atoms with Crippen LogP contribution in [0.5, 0.6) is 0 Å². The maximum atomic E-state index is 13.3. The molecule has 0 saturated carbocycles. The first-order chi connectivity index (χ1) is 15.6. The zero-order chi connectivity index (χ0) is 24.0.